The van der Waals surface area contributed by atoms with E-state index in [1.165, 1.54) is 0 Å². The molecule has 0 aromatic heterocycles. The van der Waals surface area contributed by atoms with Crippen molar-refractivity contribution in [3.63, 3.8) is 0 Å². The highest BCUT2D eigenvalue weighted by atomic mass is 28.4. The van der Waals surface area contributed by atoms with E-state index in [0.29, 0.717) is 6.04 Å². The number of nitrogens with one attached hydrogen (secondary N) is 1. The van der Waals surface area contributed by atoms with Crippen LogP contribution in [0.3, 0.4) is 0 Å². The van der Waals surface area contributed by atoms with Gasteiger partial charge in [-0.1, -0.05) is 31.5 Å². The van der Waals surface area contributed by atoms with E-state index in [0.717, 1.165) is 31.0 Å². The van der Waals surface area contributed by atoms with Crippen LogP contribution >= 0.6 is 0 Å². The van der Waals surface area contributed by atoms with Crippen LogP contribution < -0.4 is 5.32 Å². The average Bonchev–Trinajstić information content (AvgIpc) is 2.50. The third-order valence-electron chi connectivity index (χ3n) is 3.51. The van der Waals surface area contributed by atoms with Gasteiger partial charge in [0, 0.05) is 39.1 Å². The SMILES string of the molecule is CCCC(CC[Si](OC)(OC)OC)Nc1ccccc1. The van der Waals surface area contributed by atoms with Crippen molar-refractivity contribution in [1.29, 1.82) is 0 Å². The molecule has 0 saturated heterocycles. The van der Waals surface area contributed by atoms with Gasteiger partial charge >= 0.3 is 8.80 Å². The zero-order chi connectivity index (χ0) is 14.8. The number of para-hydroxylation sites is 1. The third kappa shape index (κ3) is 5.24. The lowest BCUT2D eigenvalue weighted by Crippen LogP contribution is -2.43. The van der Waals surface area contributed by atoms with Crippen molar-refractivity contribution < 1.29 is 13.3 Å². The molecule has 114 valence electrons. The number of hydrogen-bond acceptors (Lipinski definition) is 4. The Kier molecular flexibility index (Phi) is 7.83. The van der Waals surface area contributed by atoms with Crippen molar-refractivity contribution >= 4 is 14.5 Å². The van der Waals surface area contributed by atoms with Gasteiger partial charge in [0.1, 0.15) is 0 Å². The maximum Gasteiger partial charge on any atom is 0.500 e. The van der Waals surface area contributed by atoms with Crippen molar-refractivity contribution in [2.75, 3.05) is 26.6 Å². The largest absolute Gasteiger partial charge is 0.500 e. The lowest BCUT2D eigenvalue weighted by molar-refractivity contribution is 0.122. The van der Waals surface area contributed by atoms with E-state index in [-0.39, 0.29) is 0 Å². The summed E-state index contributed by atoms with van der Waals surface area (Å²) in [6.07, 6.45) is 3.24. The molecular formula is C15H27NO3Si. The molecule has 0 saturated carbocycles. The maximum atomic E-state index is 5.48. The van der Waals surface area contributed by atoms with Gasteiger partial charge in [0.05, 0.1) is 0 Å². The molecule has 0 spiro atoms. The number of rotatable bonds is 10. The zero-order valence-corrected chi connectivity index (χ0v) is 14.0. The van der Waals surface area contributed by atoms with Crippen molar-refractivity contribution in [1.82, 2.24) is 0 Å². The molecule has 1 unspecified atom stereocenters. The van der Waals surface area contributed by atoms with Gasteiger partial charge in [-0.25, -0.2) is 0 Å². The van der Waals surface area contributed by atoms with E-state index in [2.05, 4.69) is 24.4 Å². The van der Waals surface area contributed by atoms with Crippen molar-refractivity contribution in [3.05, 3.63) is 30.3 Å². The second-order valence-corrected chi connectivity index (χ2v) is 7.92. The van der Waals surface area contributed by atoms with Crippen LogP contribution in [0.4, 0.5) is 5.69 Å². The smallest absolute Gasteiger partial charge is 0.382 e. The van der Waals surface area contributed by atoms with Crippen molar-refractivity contribution in [2.24, 2.45) is 0 Å². The molecule has 0 aliphatic carbocycles. The molecule has 0 bridgehead atoms. The van der Waals surface area contributed by atoms with Crippen LogP contribution in [-0.2, 0) is 13.3 Å². The maximum absolute atomic E-state index is 5.48. The molecule has 0 aliphatic rings. The van der Waals surface area contributed by atoms with Crippen LogP contribution in [0.1, 0.15) is 26.2 Å². The molecule has 1 aromatic rings. The first-order chi connectivity index (χ1) is 9.69. The second kappa shape index (κ2) is 9.13. The monoisotopic (exact) mass is 297 g/mol. The summed E-state index contributed by atoms with van der Waals surface area (Å²) < 4.78 is 16.4. The Morgan fingerprint density at radius 2 is 1.60 bits per heavy atom. The van der Waals surface area contributed by atoms with Crippen molar-refractivity contribution in [3.8, 4) is 0 Å². The minimum Gasteiger partial charge on any atom is -0.382 e. The number of benzene rings is 1. The topological polar surface area (TPSA) is 39.7 Å². The summed E-state index contributed by atoms with van der Waals surface area (Å²) in [6, 6.07) is 11.5. The standard InChI is InChI=1S/C15H27NO3Si/c1-5-9-14(16-15-10-7-6-8-11-15)12-13-20(17-2,18-3)19-4/h6-8,10-11,14,16H,5,9,12-13H2,1-4H3. The van der Waals surface area contributed by atoms with Gasteiger partial charge in [-0.2, -0.15) is 0 Å². The predicted octanol–water partition coefficient (Wildman–Crippen LogP) is 3.54. The quantitative estimate of drug-likeness (QED) is 0.671. The third-order valence-corrected chi connectivity index (χ3v) is 6.28. The molecule has 0 aliphatic heterocycles. The number of hydrogen-bond donors (Lipinski definition) is 1. The highest BCUT2D eigenvalue weighted by Crippen LogP contribution is 2.20. The lowest BCUT2D eigenvalue weighted by Gasteiger charge is -2.27. The van der Waals surface area contributed by atoms with Gasteiger partial charge in [0.25, 0.3) is 0 Å². The Labute approximate surface area is 123 Å². The molecule has 1 atom stereocenters. The molecule has 0 fully saturated rings. The summed E-state index contributed by atoms with van der Waals surface area (Å²) in [4.78, 5) is 0. The highest BCUT2D eigenvalue weighted by molar-refractivity contribution is 6.60. The minimum absolute atomic E-state index is 0.412. The van der Waals surface area contributed by atoms with Crippen LogP contribution in [0.2, 0.25) is 6.04 Å². The molecule has 0 amide bonds. The molecule has 20 heavy (non-hydrogen) atoms. The lowest BCUT2D eigenvalue weighted by atomic mass is 10.1. The van der Waals surface area contributed by atoms with E-state index in [9.17, 15) is 0 Å². The highest BCUT2D eigenvalue weighted by Gasteiger charge is 2.37. The van der Waals surface area contributed by atoms with Crippen LogP contribution in [0.5, 0.6) is 0 Å². The van der Waals surface area contributed by atoms with Gasteiger partial charge in [-0.05, 0) is 25.0 Å². The Bertz CT molecular complexity index is 349. The Hall–Kier alpha value is -0.883. The van der Waals surface area contributed by atoms with E-state index >= 15 is 0 Å². The van der Waals surface area contributed by atoms with Crippen molar-refractivity contribution in [2.45, 2.75) is 38.3 Å². The molecule has 0 radical (unpaired) electrons. The van der Waals surface area contributed by atoms with E-state index in [1.807, 2.05) is 18.2 Å². The first kappa shape index (κ1) is 17.2. The first-order valence-electron chi connectivity index (χ1n) is 7.16. The van der Waals surface area contributed by atoms with E-state index < -0.39 is 8.80 Å². The summed E-state index contributed by atoms with van der Waals surface area (Å²) in [5.41, 5.74) is 1.16. The summed E-state index contributed by atoms with van der Waals surface area (Å²) >= 11 is 0. The zero-order valence-electron chi connectivity index (χ0n) is 13.0. The molecular weight excluding hydrogens is 270 g/mol. The fourth-order valence-corrected chi connectivity index (χ4v) is 4.13. The summed E-state index contributed by atoms with van der Waals surface area (Å²) in [5, 5.41) is 3.58. The van der Waals surface area contributed by atoms with Gasteiger partial charge in [-0.15, -0.1) is 0 Å². The fourth-order valence-electron chi connectivity index (χ4n) is 2.31. The Balaban J connectivity index is 2.58. The van der Waals surface area contributed by atoms with Crippen LogP contribution in [0.25, 0.3) is 0 Å². The van der Waals surface area contributed by atoms with Crippen LogP contribution in [0.15, 0.2) is 30.3 Å². The van der Waals surface area contributed by atoms with Gasteiger partial charge < -0.3 is 18.6 Å². The fraction of sp³-hybridized carbons (Fsp3) is 0.600. The summed E-state index contributed by atoms with van der Waals surface area (Å²) in [5.74, 6) is 0. The molecule has 5 heteroatoms. The normalized spacial score (nSPS) is 13.2. The Morgan fingerprint density at radius 3 is 2.10 bits per heavy atom. The van der Waals surface area contributed by atoms with Gasteiger partial charge in [0.2, 0.25) is 0 Å². The second-order valence-electron chi connectivity index (χ2n) is 4.83. The average molecular weight is 297 g/mol. The van der Waals surface area contributed by atoms with Crippen LogP contribution in [0, 0.1) is 0 Å². The number of anilines is 1. The Morgan fingerprint density at radius 1 is 1.00 bits per heavy atom. The van der Waals surface area contributed by atoms with E-state index in [1.54, 1.807) is 21.3 Å². The first-order valence-corrected chi connectivity index (χ1v) is 9.10. The summed E-state index contributed by atoms with van der Waals surface area (Å²) in [6.45, 7) is 2.20. The minimum atomic E-state index is -2.47. The predicted molar refractivity (Wildman–Crippen MR) is 85.0 cm³/mol. The molecule has 1 N–H and O–H groups in total. The van der Waals surface area contributed by atoms with Gasteiger partial charge in [-0.3, -0.25) is 0 Å². The van der Waals surface area contributed by atoms with Crippen LogP contribution in [-0.4, -0.2) is 36.2 Å². The molecule has 4 nitrogen and oxygen atoms in total. The molecule has 1 rings (SSSR count). The molecule has 1 aromatic carbocycles. The van der Waals surface area contributed by atoms with E-state index in [4.69, 9.17) is 13.3 Å². The van der Waals surface area contributed by atoms with Gasteiger partial charge in [0.15, 0.2) is 0 Å². The summed E-state index contributed by atoms with van der Waals surface area (Å²) in [7, 11) is 2.53. The molecule has 0 heterocycles.